The van der Waals surface area contributed by atoms with E-state index in [0.29, 0.717) is 34.3 Å². The van der Waals surface area contributed by atoms with Gasteiger partial charge in [0.15, 0.2) is 0 Å². The molecule has 0 fully saturated rings. The summed E-state index contributed by atoms with van der Waals surface area (Å²) in [4.78, 5) is 27.3. The molecule has 32 heavy (non-hydrogen) atoms. The summed E-state index contributed by atoms with van der Waals surface area (Å²) < 4.78 is 39.1. The Morgan fingerprint density at radius 2 is 1.81 bits per heavy atom. The second-order valence-electron chi connectivity index (χ2n) is 6.99. The van der Waals surface area contributed by atoms with Crippen LogP contribution in [0.5, 0.6) is 5.75 Å². The Labute approximate surface area is 187 Å². The molecule has 1 aliphatic heterocycles. The van der Waals surface area contributed by atoms with E-state index in [4.69, 9.17) is 9.15 Å². The van der Waals surface area contributed by atoms with Crippen LogP contribution in [0.4, 0.5) is 14.5 Å². The third-order valence-corrected chi connectivity index (χ3v) is 5.84. The smallest absolute Gasteiger partial charge is 0.272 e. The van der Waals surface area contributed by atoms with E-state index in [1.54, 1.807) is 36.4 Å². The molecular formula is C24H19F2NO4S. The summed E-state index contributed by atoms with van der Waals surface area (Å²) >= 11 is 1.11. The van der Waals surface area contributed by atoms with Crippen molar-refractivity contribution in [3.8, 4) is 5.75 Å². The fraction of sp³-hybridized carbons (Fsp3) is 0.167. The van der Waals surface area contributed by atoms with Crippen molar-refractivity contribution in [3.05, 3.63) is 88.7 Å². The van der Waals surface area contributed by atoms with Gasteiger partial charge in [-0.15, -0.1) is 11.8 Å². The number of hydrogen-bond donors (Lipinski definition) is 0. The molecule has 0 saturated carbocycles. The van der Waals surface area contributed by atoms with E-state index in [9.17, 15) is 18.4 Å². The van der Waals surface area contributed by atoms with Crippen molar-refractivity contribution in [2.24, 2.45) is 0 Å². The van der Waals surface area contributed by atoms with Crippen LogP contribution < -0.4 is 9.64 Å². The van der Waals surface area contributed by atoms with Gasteiger partial charge in [-0.05, 0) is 48.4 Å². The molecular weight excluding hydrogens is 436 g/mol. The number of nitrogens with zero attached hydrogens (tertiary/aromatic N) is 1. The van der Waals surface area contributed by atoms with E-state index >= 15 is 0 Å². The molecule has 1 aliphatic rings. The molecule has 1 aromatic heterocycles. The van der Waals surface area contributed by atoms with Gasteiger partial charge in [0.1, 0.15) is 23.1 Å². The molecule has 0 spiro atoms. The number of amides is 2. The van der Waals surface area contributed by atoms with Gasteiger partial charge in [0.25, 0.3) is 11.8 Å². The molecule has 0 N–H and O–H groups in total. The van der Waals surface area contributed by atoms with Crippen molar-refractivity contribution < 1.29 is 27.5 Å². The number of imide groups is 1. The van der Waals surface area contributed by atoms with Crippen molar-refractivity contribution in [1.82, 2.24) is 0 Å². The number of furan rings is 1. The lowest BCUT2D eigenvalue weighted by Crippen LogP contribution is -2.32. The maximum atomic E-state index is 14.4. The van der Waals surface area contributed by atoms with Crippen LogP contribution in [0.25, 0.3) is 5.57 Å². The average molecular weight is 455 g/mol. The molecule has 5 nitrogen and oxygen atoms in total. The van der Waals surface area contributed by atoms with Crippen LogP contribution in [0.2, 0.25) is 0 Å². The fourth-order valence-electron chi connectivity index (χ4n) is 3.25. The summed E-state index contributed by atoms with van der Waals surface area (Å²) in [5.74, 6) is -1.51. The summed E-state index contributed by atoms with van der Waals surface area (Å²) in [6.07, 6.45) is 2.36. The van der Waals surface area contributed by atoms with Crippen LogP contribution in [0, 0.1) is 11.6 Å². The molecule has 0 radical (unpaired) electrons. The lowest BCUT2D eigenvalue weighted by atomic mass is 10.1. The summed E-state index contributed by atoms with van der Waals surface area (Å²) in [5.41, 5.74) is 0.180. The first kappa shape index (κ1) is 21.8. The van der Waals surface area contributed by atoms with Gasteiger partial charge < -0.3 is 9.15 Å². The molecule has 0 unspecified atom stereocenters. The van der Waals surface area contributed by atoms with Crippen LogP contribution >= 0.6 is 11.8 Å². The Morgan fingerprint density at radius 3 is 2.50 bits per heavy atom. The Balaban J connectivity index is 1.73. The summed E-state index contributed by atoms with van der Waals surface area (Å²) in [5, 5.41) is 0. The number of ether oxygens (including phenoxy) is 1. The molecule has 164 valence electrons. The Bertz CT molecular complexity index is 1170. The molecule has 0 bridgehead atoms. The van der Waals surface area contributed by atoms with E-state index in [0.717, 1.165) is 36.4 Å². The minimum atomic E-state index is -0.868. The summed E-state index contributed by atoms with van der Waals surface area (Å²) in [6, 6.07) is 12.9. The minimum absolute atomic E-state index is 0.122. The van der Waals surface area contributed by atoms with Gasteiger partial charge in [0, 0.05) is 6.07 Å². The van der Waals surface area contributed by atoms with Crippen LogP contribution in [-0.4, -0.2) is 18.4 Å². The molecule has 2 amide bonds. The van der Waals surface area contributed by atoms with Crippen LogP contribution in [0.3, 0.4) is 0 Å². The first-order valence-electron chi connectivity index (χ1n) is 9.96. The van der Waals surface area contributed by atoms with E-state index in [1.165, 1.54) is 6.26 Å². The predicted octanol–water partition coefficient (Wildman–Crippen LogP) is 5.56. The average Bonchev–Trinajstić information content (AvgIpc) is 3.39. The van der Waals surface area contributed by atoms with Crippen molar-refractivity contribution >= 4 is 34.8 Å². The third-order valence-electron chi connectivity index (χ3n) is 4.75. The van der Waals surface area contributed by atoms with E-state index in [2.05, 4.69) is 0 Å². The van der Waals surface area contributed by atoms with Crippen molar-refractivity contribution in [3.63, 3.8) is 0 Å². The second-order valence-corrected chi connectivity index (χ2v) is 7.97. The molecule has 4 rings (SSSR count). The zero-order valence-corrected chi connectivity index (χ0v) is 18.0. The van der Waals surface area contributed by atoms with E-state index in [1.807, 2.05) is 6.92 Å². The predicted molar refractivity (Wildman–Crippen MR) is 118 cm³/mol. The van der Waals surface area contributed by atoms with Gasteiger partial charge in [-0.3, -0.25) is 9.59 Å². The maximum absolute atomic E-state index is 14.4. The standard InChI is InChI=1S/C24H19F2NO4S/c1-2-11-30-17-8-5-15(6-9-17)21-22(32-14-18-4-3-12-31-18)24(29)27(23(21)28)20-13-16(25)7-10-19(20)26/h3-10,12-13H,2,11,14H2,1H3. The molecule has 2 heterocycles. The molecule has 2 aromatic carbocycles. The van der Waals surface area contributed by atoms with Crippen LogP contribution in [0.15, 0.2) is 70.2 Å². The summed E-state index contributed by atoms with van der Waals surface area (Å²) in [7, 11) is 0. The highest BCUT2D eigenvalue weighted by molar-refractivity contribution is 8.03. The van der Waals surface area contributed by atoms with E-state index in [-0.39, 0.29) is 10.5 Å². The lowest BCUT2D eigenvalue weighted by molar-refractivity contribution is -0.119. The third kappa shape index (κ3) is 4.31. The quantitative estimate of drug-likeness (QED) is 0.416. The first-order valence-corrected chi connectivity index (χ1v) is 10.9. The fourth-order valence-corrected chi connectivity index (χ4v) is 4.26. The molecule has 0 atom stereocenters. The lowest BCUT2D eigenvalue weighted by Gasteiger charge is -2.16. The number of anilines is 1. The Hall–Kier alpha value is -3.39. The second kappa shape index (κ2) is 9.40. The van der Waals surface area contributed by atoms with Crippen LogP contribution in [0.1, 0.15) is 24.7 Å². The molecule has 0 aliphatic carbocycles. The number of rotatable bonds is 8. The number of carbonyl (C=O) groups is 2. The highest BCUT2D eigenvalue weighted by Crippen LogP contribution is 2.40. The zero-order valence-electron chi connectivity index (χ0n) is 17.1. The van der Waals surface area contributed by atoms with Gasteiger partial charge >= 0.3 is 0 Å². The number of thioether (sulfide) groups is 1. The van der Waals surface area contributed by atoms with Crippen molar-refractivity contribution in [2.45, 2.75) is 19.1 Å². The SMILES string of the molecule is CCCOc1ccc(C2=C(SCc3ccco3)C(=O)N(c3cc(F)ccc3F)C2=O)cc1. The molecule has 8 heteroatoms. The van der Waals surface area contributed by atoms with Crippen molar-refractivity contribution in [1.29, 1.82) is 0 Å². The Morgan fingerprint density at radius 1 is 1.03 bits per heavy atom. The number of hydrogen-bond acceptors (Lipinski definition) is 5. The normalized spacial score (nSPS) is 13.9. The monoisotopic (exact) mass is 455 g/mol. The maximum Gasteiger partial charge on any atom is 0.272 e. The highest BCUT2D eigenvalue weighted by atomic mass is 32.2. The van der Waals surface area contributed by atoms with Gasteiger partial charge in [-0.25, -0.2) is 13.7 Å². The molecule has 0 saturated heterocycles. The number of carbonyl (C=O) groups excluding carboxylic acids is 2. The van der Waals surface area contributed by atoms with Gasteiger partial charge in [-0.2, -0.15) is 0 Å². The Kier molecular flexibility index (Phi) is 6.41. The summed E-state index contributed by atoms with van der Waals surface area (Å²) in [6.45, 7) is 2.54. The minimum Gasteiger partial charge on any atom is -0.494 e. The number of benzene rings is 2. The largest absolute Gasteiger partial charge is 0.494 e. The van der Waals surface area contributed by atoms with Crippen LogP contribution in [-0.2, 0) is 15.3 Å². The number of halogens is 2. The van der Waals surface area contributed by atoms with Crippen molar-refractivity contribution in [2.75, 3.05) is 11.5 Å². The van der Waals surface area contributed by atoms with E-state index < -0.39 is 29.1 Å². The first-order chi connectivity index (χ1) is 15.5. The van der Waals surface area contributed by atoms with Gasteiger partial charge in [0.05, 0.1) is 34.8 Å². The van der Waals surface area contributed by atoms with Gasteiger partial charge in [-0.1, -0.05) is 19.1 Å². The highest BCUT2D eigenvalue weighted by Gasteiger charge is 2.41. The molecule has 3 aromatic rings. The zero-order chi connectivity index (χ0) is 22.7. The topological polar surface area (TPSA) is 59.8 Å². The van der Waals surface area contributed by atoms with Gasteiger partial charge in [0.2, 0.25) is 0 Å².